The highest BCUT2D eigenvalue weighted by Crippen LogP contribution is 2.31. The molecule has 1 saturated heterocycles. The standard InChI is InChI=1S/C15H20N4O3S/c16-8-4-9-17-15(20)12-6-3-10-19(12)14-11-5-1-2-7-13(11)23(21,22)18-14/h1-2,5,7,12H,3-4,6,8-10,16H2,(H,17,20). The van der Waals surface area contributed by atoms with Crippen molar-refractivity contribution in [1.29, 1.82) is 0 Å². The lowest BCUT2D eigenvalue weighted by atomic mass is 10.1. The third-order valence-electron chi connectivity index (χ3n) is 4.12. The van der Waals surface area contributed by atoms with Crippen molar-refractivity contribution in [2.24, 2.45) is 10.1 Å². The molecule has 0 aliphatic carbocycles. The molecule has 2 aliphatic heterocycles. The van der Waals surface area contributed by atoms with E-state index in [1.165, 1.54) is 0 Å². The number of benzene rings is 1. The van der Waals surface area contributed by atoms with Gasteiger partial charge in [-0.25, -0.2) is 0 Å². The zero-order valence-corrected chi connectivity index (χ0v) is 13.6. The van der Waals surface area contributed by atoms with Crippen LogP contribution in [0.25, 0.3) is 0 Å². The van der Waals surface area contributed by atoms with Crippen LogP contribution in [0, 0.1) is 0 Å². The van der Waals surface area contributed by atoms with Crippen LogP contribution < -0.4 is 11.1 Å². The molecule has 3 rings (SSSR count). The molecule has 0 spiro atoms. The Morgan fingerprint density at radius 2 is 2.17 bits per heavy atom. The molecular formula is C15H20N4O3S. The third kappa shape index (κ3) is 2.96. The molecule has 1 aromatic rings. The first-order valence-corrected chi connectivity index (χ1v) is 9.17. The minimum atomic E-state index is -3.66. The first-order valence-electron chi connectivity index (χ1n) is 7.73. The molecule has 0 saturated carbocycles. The summed E-state index contributed by atoms with van der Waals surface area (Å²) in [6, 6.07) is 6.36. The zero-order valence-electron chi connectivity index (χ0n) is 12.7. The highest BCUT2D eigenvalue weighted by molar-refractivity contribution is 7.90. The van der Waals surface area contributed by atoms with Crippen LogP contribution >= 0.6 is 0 Å². The summed E-state index contributed by atoms with van der Waals surface area (Å²) in [5.41, 5.74) is 6.01. The largest absolute Gasteiger partial charge is 0.354 e. The van der Waals surface area contributed by atoms with Crippen molar-refractivity contribution in [1.82, 2.24) is 10.2 Å². The number of hydrogen-bond acceptors (Lipinski definition) is 5. The van der Waals surface area contributed by atoms with Crippen molar-refractivity contribution in [3.63, 3.8) is 0 Å². The Balaban J connectivity index is 1.85. The quantitative estimate of drug-likeness (QED) is 0.757. The minimum Gasteiger partial charge on any atom is -0.354 e. The van der Waals surface area contributed by atoms with Gasteiger partial charge in [0.25, 0.3) is 10.0 Å². The predicted octanol–water partition coefficient (Wildman–Crippen LogP) is 0.0649. The van der Waals surface area contributed by atoms with E-state index in [9.17, 15) is 13.2 Å². The van der Waals surface area contributed by atoms with Crippen molar-refractivity contribution in [2.75, 3.05) is 19.6 Å². The topological polar surface area (TPSA) is 105 Å². The van der Waals surface area contributed by atoms with Gasteiger partial charge in [0.05, 0.1) is 0 Å². The average molecular weight is 336 g/mol. The number of amides is 1. The Morgan fingerprint density at radius 3 is 2.96 bits per heavy atom. The SMILES string of the molecule is NCCCNC(=O)C1CCCN1C1=NS(=O)(=O)c2ccccc21. The van der Waals surface area contributed by atoms with E-state index in [4.69, 9.17) is 5.73 Å². The van der Waals surface area contributed by atoms with Crippen molar-refractivity contribution in [3.8, 4) is 0 Å². The molecule has 1 unspecified atom stereocenters. The molecule has 1 amide bonds. The van der Waals surface area contributed by atoms with Gasteiger partial charge in [0.15, 0.2) is 5.84 Å². The summed E-state index contributed by atoms with van der Waals surface area (Å²) in [7, 11) is -3.66. The molecule has 0 radical (unpaired) electrons. The van der Waals surface area contributed by atoms with Crippen LogP contribution in [0.2, 0.25) is 0 Å². The maximum absolute atomic E-state index is 12.4. The van der Waals surface area contributed by atoms with Crippen LogP contribution in [0.1, 0.15) is 24.8 Å². The lowest BCUT2D eigenvalue weighted by molar-refractivity contribution is -0.124. The third-order valence-corrected chi connectivity index (χ3v) is 5.45. The van der Waals surface area contributed by atoms with E-state index in [0.717, 1.165) is 12.8 Å². The predicted molar refractivity (Wildman–Crippen MR) is 86.6 cm³/mol. The second-order valence-corrected chi connectivity index (χ2v) is 7.24. The van der Waals surface area contributed by atoms with E-state index in [2.05, 4.69) is 9.71 Å². The van der Waals surface area contributed by atoms with Gasteiger partial charge in [0.1, 0.15) is 10.9 Å². The molecule has 2 aliphatic rings. The van der Waals surface area contributed by atoms with E-state index in [-0.39, 0.29) is 16.8 Å². The van der Waals surface area contributed by atoms with Gasteiger partial charge >= 0.3 is 0 Å². The summed E-state index contributed by atoms with van der Waals surface area (Å²) < 4.78 is 28.3. The second kappa shape index (κ2) is 6.29. The Hall–Kier alpha value is -1.93. The average Bonchev–Trinajstić information content (AvgIpc) is 3.11. The number of hydrogen-bond donors (Lipinski definition) is 2. The molecule has 0 aromatic heterocycles. The Morgan fingerprint density at radius 1 is 1.39 bits per heavy atom. The molecular weight excluding hydrogens is 316 g/mol. The van der Waals surface area contributed by atoms with Crippen molar-refractivity contribution in [2.45, 2.75) is 30.2 Å². The van der Waals surface area contributed by atoms with Crippen LogP contribution in [-0.2, 0) is 14.8 Å². The summed E-state index contributed by atoms with van der Waals surface area (Å²) in [6.07, 6.45) is 2.24. The summed E-state index contributed by atoms with van der Waals surface area (Å²) in [6.45, 7) is 1.67. The smallest absolute Gasteiger partial charge is 0.285 e. The molecule has 1 fully saturated rings. The van der Waals surface area contributed by atoms with Crippen LogP contribution in [0.3, 0.4) is 0 Å². The summed E-state index contributed by atoms with van der Waals surface area (Å²) >= 11 is 0. The van der Waals surface area contributed by atoms with Gasteiger partial charge in [-0.1, -0.05) is 12.1 Å². The van der Waals surface area contributed by atoms with Gasteiger partial charge in [-0.15, -0.1) is 4.40 Å². The Kier molecular flexibility index (Phi) is 4.36. The minimum absolute atomic E-state index is 0.0968. The lowest BCUT2D eigenvalue weighted by Gasteiger charge is -2.25. The number of fused-ring (bicyclic) bond motifs is 1. The molecule has 1 atom stereocenters. The van der Waals surface area contributed by atoms with Gasteiger partial charge in [-0.3, -0.25) is 4.79 Å². The van der Waals surface area contributed by atoms with Gasteiger partial charge in [0, 0.05) is 18.7 Å². The van der Waals surface area contributed by atoms with E-state index >= 15 is 0 Å². The fraction of sp³-hybridized carbons (Fsp3) is 0.467. The summed E-state index contributed by atoms with van der Waals surface area (Å²) in [5, 5.41) is 2.86. The number of sulfonamides is 1. The normalized spacial score (nSPS) is 21.9. The van der Waals surface area contributed by atoms with Crippen molar-refractivity contribution < 1.29 is 13.2 Å². The molecule has 8 heteroatoms. The maximum atomic E-state index is 12.4. The van der Waals surface area contributed by atoms with E-state index < -0.39 is 10.0 Å². The monoisotopic (exact) mass is 336 g/mol. The van der Waals surface area contributed by atoms with Crippen LogP contribution in [-0.4, -0.2) is 50.7 Å². The number of rotatable bonds is 4. The van der Waals surface area contributed by atoms with Crippen LogP contribution in [0.5, 0.6) is 0 Å². The summed E-state index contributed by atoms with van der Waals surface area (Å²) in [5.74, 6) is 0.289. The molecule has 0 bridgehead atoms. The first-order chi connectivity index (χ1) is 11.0. The number of nitrogens with two attached hydrogens (primary N) is 1. The second-order valence-electron chi connectivity index (χ2n) is 5.67. The molecule has 2 heterocycles. The van der Waals surface area contributed by atoms with E-state index in [1.807, 2.05) is 0 Å². The van der Waals surface area contributed by atoms with Crippen molar-refractivity contribution >= 4 is 21.8 Å². The number of amidine groups is 1. The van der Waals surface area contributed by atoms with E-state index in [0.29, 0.717) is 37.5 Å². The Labute approximate surface area is 135 Å². The van der Waals surface area contributed by atoms with Gasteiger partial charge < -0.3 is 16.0 Å². The van der Waals surface area contributed by atoms with Gasteiger partial charge in [0.2, 0.25) is 5.91 Å². The lowest BCUT2D eigenvalue weighted by Crippen LogP contribution is -2.46. The number of nitrogens with one attached hydrogen (secondary N) is 1. The van der Waals surface area contributed by atoms with Gasteiger partial charge in [-0.2, -0.15) is 8.42 Å². The van der Waals surface area contributed by atoms with Crippen LogP contribution in [0.15, 0.2) is 33.6 Å². The molecule has 1 aromatic carbocycles. The van der Waals surface area contributed by atoms with Crippen molar-refractivity contribution in [3.05, 3.63) is 29.8 Å². The fourth-order valence-electron chi connectivity index (χ4n) is 3.02. The maximum Gasteiger partial charge on any atom is 0.285 e. The fourth-order valence-corrected chi connectivity index (χ4v) is 4.24. The number of carbonyl (C=O) groups excluding carboxylic acids is 1. The molecule has 7 nitrogen and oxygen atoms in total. The molecule has 23 heavy (non-hydrogen) atoms. The highest BCUT2D eigenvalue weighted by atomic mass is 32.2. The van der Waals surface area contributed by atoms with Gasteiger partial charge in [-0.05, 0) is 37.9 Å². The van der Waals surface area contributed by atoms with Crippen LogP contribution in [0.4, 0.5) is 0 Å². The Bertz CT molecular complexity index is 745. The number of nitrogens with zero attached hydrogens (tertiary/aromatic N) is 2. The zero-order chi connectivity index (χ0) is 16.4. The molecule has 3 N–H and O–H groups in total. The summed E-state index contributed by atoms with van der Waals surface area (Å²) in [4.78, 5) is 14.4. The number of likely N-dealkylation sites (tertiary alicyclic amines) is 1. The number of carbonyl (C=O) groups is 1. The van der Waals surface area contributed by atoms with E-state index in [1.54, 1.807) is 29.2 Å². The highest BCUT2D eigenvalue weighted by Gasteiger charge is 2.38. The molecule has 124 valence electrons. The first kappa shape index (κ1) is 15.9.